The van der Waals surface area contributed by atoms with Crippen molar-refractivity contribution in [3.8, 4) is 0 Å². The van der Waals surface area contributed by atoms with Crippen LogP contribution >= 0.6 is 0 Å². The number of nitrogens with zero attached hydrogens (tertiary/aromatic N) is 4. The van der Waals surface area contributed by atoms with Crippen molar-refractivity contribution in [2.45, 2.75) is 32.7 Å². The molecule has 1 aromatic carbocycles. The minimum atomic E-state index is -0.946. The monoisotopic (exact) mass is 408 g/mol. The second-order valence-corrected chi connectivity index (χ2v) is 7.56. The Morgan fingerprint density at radius 1 is 1.20 bits per heavy atom. The van der Waals surface area contributed by atoms with Gasteiger partial charge in [-0.2, -0.15) is 4.98 Å². The number of piperazine rings is 1. The van der Waals surface area contributed by atoms with Gasteiger partial charge in [-0.15, -0.1) is 0 Å². The molecule has 8 heteroatoms. The Bertz CT molecular complexity index is 1020. The Labute approximate surface area is 175 Å². The van der Waals surface area contributed by atoms with Gasteiger partial charge >= 0.3 is 5.97 Å². The highest BCUT2D eigenvalue weighted by Gasteiger charge is 2.21. The topological polar surface area (TPSA) is 95.3 Å². The van der Waals surface area contributed by atoms with Gasteiger partial charge in [0, 0.05) is 55.2 Å². The summed E-state index contributed by atoms with van der Waals surface area (Å²) in [7, 11) is 0. The average Bonchev–Trinajstić information content (AvgIpc) is 3.15. The minimum Gasteiger partial charge on any atom is -0.477 e. The fourth-order valence-electron chi connectivity index (χ4n) is 4.06. The Hall–Kier alpha value is -3.13. The number of fused-ring (bicyclic) bond motifs is 1. The molecule has 3 N–H and O–H groups in total. The van der Waals surface area contributed by atoms with Gasteiger partial charge in [0.2, 0.25) is 5.95 Å². The van der Waals surface area contributed by atoms with Crippen molar-refractivity contribution in [3.05, 3.63) is 42.2 Å². The van der Waals surface area contributed by atoms with Gasteiger partial charge in [0.1, 0.15) is 11.3 Å². The van der Waals surface area contributed by atoms with Crippen molar-refractivity contribution in [2.75, 3.05) is 36.4 Å². The molecule has 2 aromatic heterocycles. The predicted octanol–water partition coefficient (Wildman–Crippen LogP) is 3.64. The van der Waals surface area contributed by atoms with Crippen molar-refractivity contribution < 1.29 is 9.90 Å². The van der Waals surface area contributed by atoms with E-state index in [2.05, 4.69) is 51.5 Å². The van der Waals surface area contributed by atoms with Crippen LogP contribution in [0.2, 0.25) is 0 Å². The van der Waals surface area contributed by atoms with Crippen LogP contribution < -0.4 is 15.5 Å². The average molecular weight is 409 g/mol. The third kappa shape index (κ3) is 3.95. The van der Waals surface area contributed by atoms with Crippen LogP contribution in [0.25, 0.3) is 11.0 Å². The van der Waals surface area contributed by atoms with Crippen LogP contribution in [0, 0.1) is 0 Å². The van der Waals surface area contributed by atoms with Crippen LogP contribution in [0.3, 0.4) is 0 Å². The van der Waals surface area contributed by atoms with Crippen molar-refractivity contribution >= 4 is 34.3 Å². The van der Waals surface area contributed by atoms with Crippen molar-refractivity contribution in [3.63, 3.8) is 0 Å². The molecule has 0 bridgehead atoms. The summed E-state index contributed by atoms with van der Waals surface area (Å²) in [6.07, 6.45) is 3.35. The van der Waals surface area contributed by atoms with Crippen molar-refractivity contribution in [1.82, 2.24) is 19.9 Å². The molecule has 3 heterocycles. The number of carbonyl (C=O) groups is 1. The number of anilines is 3. The lowest BCUT2D eigenvalue weighted by molar-refractivity contribution is 0.0683. The highest BCUT2D eigenvalue weighted by molar-refractivity contribution is 5.93. The molecule has 30 heavy (non-hydrogen) atoms. The first-order chi connectivity index (χ1) is 14.6. The molecule has 0 amide bonds. The summed E-state index contributed by atoms with van der Waals surface area (Å²) < 4.78 is 1.83. The van der Waals surface area contributed by atoms with Crippen molar-refractivity contribution in [1.29, 1.82) is 0 Å². The van der Waals surface area contributed by atoms with E-state index in [4.69, 9.17) is 0 Å². The molecule has 158 valence electrons. The summed E-state index contributed by atoms with van der Waals surface area (Å²) in [6.45, 7) is 8.14. The smallest absolute Gasteiger partial charge is 0.352 e. The van der Waals surface area contributed by atoms with Gasteiger partial charge in [-0.3, -0.25) is 0 Å². The fraction of sp³-hybridized carbons (Fsp3) is 0.409. The summed E-state index contributed by atoms with van der Waals surface area (Å²) in [6, 6.07) is 9.97. The lowest BCUT2D eigenvalue weighted by Crippen LogP contribution is -2.43. The zero-order chi connectivity index (χ0) is 21.1. The molecule has 1 aliphatic heterocycles. The molecule has 0 spiro atoms. The van der Waals surface area contributed by atoms with Gasteiger partial charge < -0.3 is 25.2 Å². The number of carboxylic acids is 1. The third-order valence-electron chi connectivity index (χ3n) is 5.71. The van der Waals surface area contributed by atoms with Gasteiger partial charge in [-0.25, -0.2) is 9.78 Å². The van der Waals surface area contributed by atoms with Gasteiger partial charge in [0.25, 0.3) is 0 Å². The SMILES string of the molecule is CCC(CC)n1c(C(=O)O)cc2cnc(Nc3ccc(N4CCNCC4)cc3)nc21. The number of benzene rings is 1. The van der Waals surface area contributed by atoms with Gasteiger partial charge in [0.05, 0.1) is 0 Å². The van der Waals surface area contributed by atoms with E-state index in [0.29, 0.717) is 11.6 Å². The summed E-state index contributed by atoms with van der Waals surface area (Å²) in [5.41, 5.74) is 3.00. The zero-order valence-corrected chi connectivity index (χ0v) is 17.4. The molecule has 1 fully saturated rings. The molecule has 0 aliphatic carbocycles. The first kappa shape index (κ1) is 20.2. The number of aromatic carboxylic acids is 1. The number of carboxylic acid groups (broad SMARTS) is 1. The number of hydrogen-bond donors (Lipinski definition) is 3. The van der Waals surface area contributed by atoms with Gasteiger partial charge in [-0.05, 0) is 43.2 Å². The van der Waals surface area contributed by atoms with E-state index in [0.717, 1.165) is 50.1 Å². The summed E-state index contributed by atoms with van der Waals surface area (Å²) in [5.74, 6) is -0.488. The van der Waals surface area contributed by atoms with Crippen LogP contribution in [-0.2, 0) is 0 Å². The molecule has 0 unspecified atom stereocenters. The molecule has 1 aliphatic rings. The maximum Gasteiger partial charge on any atom is 0.352 e. The number of aromatic nitrogens is 3. The lowest BCUT2D eigenvalue weighted by atomic mass is 10.1. The van der Waals surface area contributed by atoms with E-state index in [1.807, 2.05) is 16.7 Å². The van der Waals surface area contributed by atoms with Crippen molar-refractivity contribution in [2.24, 2.45) is 0 Å². The van der Waals surface area contributed by atoms with Crippen LogP contribution in [0.5, 0.6) is 0 Å². The highest BCUT2D eigenvalue weighted by Crippen LogP contribution is 2.28. The Balaban J connectivity index is 1.61. The highest BCUT2D eigenvalue weighted by atomic mass is 16.4. The summed E-state index contributed by atoms with van der Waals surface area (Å²) in [5, 5.41) is 17.0. The molecule has 0 atom stereocenters. The van der Waals surface area contributed by atoms with Crippen LogP contribution in [-0.4, -0.2) is 51.8 Å². The third-order valence-corrected chi connectivity index (χ3v) is 5.71. The van der Waals surface area contributed by atoms with Gasteiger partial charge in [0.15, 0.2) is 0 Å². The quantitative estimate of drug-likeness (QED) is 0.549. The largest absolute Gasteiger partial charge is 0.477 e. The van der Waals surface area contributed by atoms with E-state index < -0.39 is 5.97 Å². The maximum absolute atomic E-state index is 11.8. The fourth-order valence-corrected chi connectivity index (χ4v) is 4.06. The number of hydrogen-bond acceptors (Lipinski definition) is 6. The van der Waals surface area contributed by atoms with E-state index in [1.165, 1.54) is 5.69 Å². The maximum atomic E-state index is 11.8. The van der Waals surface area contributed by atoms with E-state index in [1.54, 1.807) is 12.3 Å². The zero-order valence-electron chi connectivity index (χ0n) is 17.4. The standard InChI is InChI=1S/C22H28N6O2/c1-3-17(4-2)28-19(21(29)30)13-15-14-24-22(26-20(15)28)25-16-5-7-18(8-6-16)27-11-9-23-10-12-27/h5-8,13-14,17,23H,3-4,9-12H2,1-2H3,(H,29,30)(H,24,25,26). The number of nitrogens with one attached hydrogen (secondary N) is 2. The second-order valence-electron chi connectivity index (χ2n) is 7.56. The van der Waals surface area contributed by atoms with Crippen LogP contribution in [0.4, 0.5) is 17.3 Å². The van der Waals surface area contributed by atoms with Gasteiger partial charge in [-0.1, -0.05) is 13.8 Å². The summed E-state index contributed by atoms with van der Waals surface area (Å²) in [4.78, 5) is 23.2. The first-order valence-corrected chi connectivity index (χ1v) is 10.5. The lowest BCUT2D eigenvalue weighted by Gasteiger charge is -2.29. The molecule has 8 nitrogen and oxygen atoms in total. The Morgan fingerprint density at radius 2 is 1.90 bits per heavy atom. The minimum absolute atomic E-state index is 0.0784. The molecule has 0 radical (unpaired) electrons. The normalized spacial score (nSPS) is 14.4. The van der Waals surface area contributed by atoms with E-state index >= 15 is 0 Å². The molecule has 1 saturated heterocycles. The number of rotatable bonds is 7. The molecule has 4 rings (SSSR count). The van der Waals surface area contributed by atoms with E-state index in [9.17, 15) is 9.90 Å². The van der Waals surface area contributed by atoms with Crippen LogP contribution in [0.1, 0.15) is 43.2 Å². The molecule has 0 saturated carbocycles. The second kappa shape index (κ2) is 8.71. The Morgan fingerprint density at radius 3 is 2.53 bits per heavy atom. The molecular formula is C22H28N6O2. The summed E-state index contributed by atoms with van der Waals surface area (Å²) >= 11 is 0. The van der Waals surface area contributed by atoms with Crippen LogP contribution in [0.15, 0.2) is 36.5 Å². The molecule has 3 aromatic rings. The molecular weight excluding hydrogens is 380 g/mol. The Kier molecular flexibility index (Phi) is 5.85. The predicted molar refractivity (Wildman–Crippen MR) is 119 cm³/mol. The first-order valence-electron chi connectivity index (χ1n) is 10.5. The van der Waals surface area contributed by atoms with E-state index in [-0.39, 0.29) is 11.7 Å².